The molecule has 23 aromatic rings. The lowest BCUT2D eigenvalue weighted by molar-refractivity contribution is 0.424. The van der Waals surface area contributed by atoms with E-state index in [1.807, 2.05) is 115 Å². The van der Waals surface area contributed by atoms with E-state index in [2.05, 4.69) is 361 Å². The van der Waals surface area contributed by atoms with Crippen LogP contribution in [0.4, 0.5) is 0 Å². The van der Waals surface area contributed by atoms with Crippen molar-refractivity contribution in [3.63, 3.8) is 0 Å². The van der Waals surface area contributed by atoms with Crippen molar-refractivity contribution in [1.29, 1.82) is 0 Å². The third kappa shape index (κ3) is 18.0. The molecule has 3 heterocycles. The molecule has 126 heavy (non-hydrogen) atoms. The van der Waals surface area contributed by atoms with Crippen LogP contribution in [-0.4, -0.2) is 61.2 Å². The smallest absolute Gasteiger partial charge is 0.537 e. The highest BCUT2D eigenvalue weighted by Gasteiger charge is 2.19. The first-order valence-corrected chi connectivity index (χ1v) is 43.2. The van der Waals surface area contributed by atoms with Gasteiger partial charge in [0.05, 0.1) is 22.1 Å². The second kappa shape index (κ2) is 38.2. The average molecular weight is 1760 g/mol. The molecule has 20 aromatic carbocycles. The van der Waals surface area contributed by atoms with E-state index in [1.54, 1.807) is 24.3 Å². The molecule has 0 saturated carbocycles. The number of aromatic amines is 1. The summed E-state index contributed by atoms with van der Waals surface area (Å²) in [5, 5.41) is 62.6. The number of para-hydroxylation sites is 3. The molecule has 14 heteroatoms. The Kier molecular flexibility index (Phi) is 25.0. The Hall–Kier alpha value is -14.4. The van der Waals surface area contributed by atoms with E-state index in [4.69, 9.17) is 29.8 Å². The van der Waals surface area contributed by atoms with Crippen molar-refractivity contribution < 1.29 is 29.8 Å². The number of nitrogens with one attached hydrogen (secondary N) is 1. The SMILES string of the molecule is Brc1ccc(-n2c3ccccc3c3cc4ccccc4cc32)cc1.Brc1cccc(-n2c3ccccc3c3cc4ccccc4cc32)c1.OB(O)c1ccc(-c2cccc3ccccc23)cc1.OB(O)c1ccc(-c2ccccc2)cc1.O[B]Oc1ccc(-c2ccc(-c3ccccc3)cc2)cc1.c1ccc(-c2cc3[nH]c4ccccc4c3c3ccccc23)cc1. The molecule has 0 aliphatic rings. The van der Waals surface area contributed by atoms with Crippen molar-refractivity contribution in [3.8, 4) is 72.8 Å². The van der Waals surface area contributed by atoms with Gasteiger partial charge in [0.1, 0.15) is 5.75 Å². The Bertz CT molecular complexity index is 7730. The van der Waals surface area contributed by atoms with Crippen molar-refractivity contribution in [1.82, 2.24) is 14.1 Å². The third-order valence-corrected chi connectivity index (χ3v) is 23.8. The number of fused-ring (bicyclic) bond motifs is 14. The van der Waals surface area contributed by atoms with Gasteiger partial charge in [-0.25, -0.2) is 0 Å². The van der Waals surface area contributed by atoms with Crippen LogP contribution in [0.15, 0.2) is 464 Å². The molecule has 0 saturated heterocycles. The van der Waals surface area contributed by atoms with E-state index in [9.17, 15) is 0 Å². The maximum Gasteiger partial charge on any atom is 0.569 e. The van der Waals surface area contributed by atoms with E-state index in [1.165, 1.54) is 142 Å². The van der Waals surface area contributed by atoms with Crippen LogP contribution >= 0.6 is 31.9 Å². The predicted octanol–water partition coefficient (Wildman–Crippen LogP) is 26.7. The number of hydrogen-bond donors (Lipinski definition) is 6. The molecule has 0 aliphatic heterocycles. The van der Waals surface area contributed by atoms with Crippen LogP contribution in [0.25, 0.3) is 176 Å². The second-order valence-corrected chi connectivity index (χ2v) is 32.4. The summed E-state index contributed by atoms with van der Waals surface area (Å²) < 4.78 is 11.8. The maximum atomic E-state index is 9.11. The summed E-state index contributed by atoms with van der Waals surface area (Å²) in [4.78, 5) is 3.58. The summed E-state index contributed by atoms with van der Waals surface area (Å²) >= 11 is 7.13. The second-order valence-electron chi connectivity index (χ2n) is 30.6. The molecule has 0 unspecified atom stereocenters. The monoisotopic (exact) mass is 1750 g/mol. The molecule has 0 spiro atoms. The molecule has 0 atom stereocenters. The van der Waals surface area contributed by atoms with Crippen LogP contribution in [0.5, 0.6) is 5.75 Å². The largest absolute Gasteiger partial charge is 0.569 e. The van der Waals surface area contributed by atoms with Gasteiger partial charge in [0.15, 0.2) is 0 Å². The van der Waals surface area contributed by atoms with Gasteiger partial charge in [-0.15, -0.1) is 0 Å². The molecule has 6 N–H and O–H groups in total. The highest BCUT2D eigenvalue weighted by molar-refractivity contribution is 9.10. The van der Waals surface area contributed by atoms with E-state index in [-0.39, 0.29) is 0 Å². The van der Waals surface area contributed by atoms with Crippen molar-refractivity contribution in [3.05, 3.63) is 464 Å². The van der Waals surface area contributed by atoms with Gasteiger partial charge in [0.2, 0.25) is 0 Å². The molecule has 1 radical (unpaired) electrons. The average Bonchev–Trinajstić information content (AvgIpc) is 1.59. The maximum absolute atomic E-state index is 9.11. The molecule has 603 valence electrons. The fourth-order valence-electron chi connectivity index (χ4n) is 16.7. The van der Waals surface area contributed by atoms with E-state index < -0.39 is 14.2 Å². The normalized spacial score (nSPS) is 11.0. The van der Waals surface area contributed by atoms with Gasteiger partial charge in [0.25, 0.3) is 0 Å². The Balaban J connectivity index is 0.000000103. The number of hydrogen-bond acceptors (Lipinski definition) is 6. The number of benzene rings is 20. The summed E-state index contributed by atoms with van der Waals surface area (Å²) in [5.74, 6) is 0.613. The number of H-pyrrole nitrogens is 1. The van der Waals surface area contributed by atoms with Crippen LogP contribution in [-0.2, 0) is 0 Å². The third-order valence-electron chi connectivity index (χ3n) is 22.8. The first-order chi connectivity index (χ1) is 61.9. The van der Waals surface area contributed by atoms with Crippen molar-refractivity contribution >= 4 is 173 Å². The topological polar surface area (TPSA) is 136 Å². The number of halogens is 2. The van der Waals surface area contributed by atoms with Crippen molar-refractivity contribution in [2.45, 2.75) is 0 Å². The number of nitrogens with zero attached hydrogens (tertiary/aromatic N) is 2. The number of rotatable bonds is 11. The fraction of sp³-hybridized carbons (Fsp3) is 0. The van der Waals surface area contributed by atoms with Crippen LogP contribution in [0.2, 0.25) is 0 Å². The van der Waals surface area contributed by atoms with Crippen LogP contribution in [0, 0.1) is 0 Å². The molecule has 3 aromatic heterocycles. The lowest BCUT2D eigenvalue weighted by Gasteiger charge is -2.09. The van der Waals surface area contributed by atoms with Crippen LogP contribution in [0.1, 0.15) is 0 Å². The fourth-order valence-corrected chi connectivity index (χ4v) is 17.4. The molecule has 0 amide bonds. The summed E-state index contributed by atoms with van der Waals surface area (Å²) in [6.45, 7) is 0. The standard InChI is InChI=1S/2C22H14BrN.C22H15N.C18H14BO2.C16H13BO2.C12H11BO2/c23-17-8-5-9-18(14-17)24-21-11-4-3-10-19(21)20-12-15-6-1-2-7-16(15)13-22(20)24;23-17-9-11-18(12-10-17)24-21-8-4-3-7-19(21)20-13-15-5-1-2-6-16(15)14-22(20)24;1-2-8-15(9-3-1)19-14-21-22(17-11-5-4-10-16(17)19)18-12-6-7-13-20(18)23-21;20-19-21-18-12-10-17(11-13-18)16-8-6-15(7-9-16)14-4-2-1-3-5-14;18-17(19)14-10-8-13(9-11-14)16-7-3-5-12-4-1-2-6-15(12)16;14-13(15)12-8-6-11(7-9-12)10-4-2-1-3-5-10/h2*1-14H;1-14,23H;1-13,20H;1-11,18-19H;1-9,14-15H. The Labute approximate surface area is 748 Å². The zero-order valence-electron chi connectivity index (χ0n) is 68.3. The summed E-state index contributed by atoms with van der Waals surface area (Å²) in [6, 6.07) is 156. The predicted molar refractivity (Wildman–Crippen MR) is 538 cm³/mol. The van der Waals surface area contributed by atoms with Crippen LogP contribution < -0.4 is 15.6 Å². The Morgan fingerprint density at radius 3 is 1.13 bits per heavy atom. The minimum Gasteiger partial charge on any atom is -0.537 e. The minimum atomic E-state index is -1.42. The first kappa shape index (κ1) is 82.5. The molecule has 0 bridgehead atoms. The van der Waals surface area contributed by atoms with Gasteiger partial charge in [-0.2, -0.15) is 0 Å². The molecule has 0 fully saturated rings. The van der Waals surface area contributed by atoms with Gasteiger partial charge in [-0.05, 0) is 213 Å². The minimum absolute atomic E-state index is 0.504. The van der Waals surface area contributed by atoms with Gasteiger partial charge in [-0.1, -0.05) is 384 Å². The zero-order chi connectivity index (χ0) is 85.8. The Morgan fingerprint density at radius 2 is 0.627 bits per heavy atom. The van der Waals surface area contributed by atoms with Gasteiger partial charge < -0.3 is 43.9 Å². The van der Waals surface area contributed by atoms with E-state index >= 15 is 0 Å². The van der Waals surface area contributed by atoms with Crippen molar-refractivity contribution in [2.75, 3.05) is 0 Å². The number of aromatic nitrogens is 3. The van der Waals surface area contributed by atoms with Gasteiger partial charge in [-0.3, -0.25) is 0 Å². The molecular weight excluding hydrogens is 1680 g/mol. The summed E-state index contributed by atoms with van der Waals surface area (Å²) in [6.07, 6.45) is 0. The lowest BCUT2D eigenvalue weighted by atomic mass is 9.79. The first-order valence-electron chi connectivity index (χ1n) is 41.6. The highest BCUT2D eigenvalue weighted by Crippen LogP contribution is 2.41. The summed E-state index contributed by atoms with van der Waals surface area (Å²) in [7, 11) is -2.12. The Morgan fingerprint density at radius 1 is 0.246 bits per heavy atom. The van der Waals surface area contributed by atoms with Crippen LogP contribution in [0.3, 0.4) is 0 Å². The van der Waals surface area contributed by atoms with Gasteiger partial charge >= 0.3 is 21.9 Å². The molecule has 9 nitrogen and oxygen atoms in total. The van der Waals surface area contributed by atoms with Crippen molar-refractivity contribution in [2.24, 2.45) is 0 Å². The van der Waals surface area contributed by atoms with Gasteiger partial charge in [0, 0.05) is 63.7 Å². The highest BCUT2D eigenvalue weighted by atomic mass is 79.9. The molecule has 0 aliphatic carbocycles. The lowest BCUT2D eigenvalue weighted by Crippen LogP contribution is -2.29. The quantitative estimate of drug-likeness (QED) is 0.0714. The van der Waals surface area contributed by atoms with E-state index in [0.717, 1.165) is 42.3 Å². The summed E-state index contributed by atoms with van der Waals surface area (Å²) in [5.41, 5.74) is 22.3. The molecule has 23 rings (SSSR count). The zero-order valence-corrected chi connectivity index (χ0v) is 71.5. The van der Waals surface area contributed by atoms with E-state index in [0.29, 0.717) is 24.4 Å². The molecular formula is C112H81B3Br2N3O6.